The Bertz CT molecular complexity index is 546. The third kappa shape index (κ3) is 2.44. The number of hydrogen-bond donors (Lipinski definition) is 0. The summed E-state index contributed by atoms with van der Waals surface area (Å²) < 4.78 is 66.0. The second kappa shape index (κ2) is 4.06. The van der Waals surface area contributed by atoms with E-state index >= 15 is 0 Å². The van der Waals surface area contributed by atoms with Crippen molar-refractivity contribution >= 4 is 11.5 Å². The van der Waals surface area contributed by atoms with Crippen molar-refractivity contribution in [2.45, 2.75) is 6.18 Å². The lowest BCUT2D eigenvalue weighted by Gasteiger charge is -2.00. The van der Waals surface area contributed by atoms with Gasteiger partial charge >= 0.3 is 6.18 Å². The minimum absolute atomic E-state index is 0.0266. The zero-order chi connectivity index (χ0) is 12.6. The summed E-state index contributed by atoms with van der Waals surface area (Å²) in [5.74, 6) is -2.18. The lowest BCUT2D eigenvalue weighted by Crippen LogP contribution is -2.00. The minimum Gasteiger partial charge on any atom is -0.204 e. The first kappa shape index (κ1) is 12.0. The van der Waals surface area contributed by atoms with Crippen LogP contribution in [0.3, 0.4) is 0 Å². The second-order valence-corrected chi connectivity index (χ2v) is 4.01. The van der Waals surface area contributed by atoms with Crippen molar-refractivity contribution in [3.05, 3.63) is 40.8 Å². The lowest BCUT2D eigenvalue weighted by atomic mass is 10.1. The second-order valence-electron chi connectivity index (χ2n) is 3.20. The average molecular weight is 265 g/mol. The maximum Gasteiger partial charge on any atom is 0.427 e. The fourth-order valence-corrected chi connectivity index (χ4v) is 1.82. The van der Waals surface area contributed by atoms with E-state index in [0.29, 0.717) is 0 Å². The number of hydrogen-bond acceptors (Lipinski definition) is 2. The summed E-state index contributed by atoms with van der Waals surface area (Å²) >= 11 is 0.270. The third-order valence-electron chi connectivity index (χ3n) is 2.00. The molecule has 0 N–H and O–H groups in total. The molecule has 0 aliphatic heterocycles. The Morgan fingerprint density at radius 1 is 1.00 bits per heavy atom. The average Bonchev–Trinajstić information content (AvgIpc) is 2.70. The molecule has 0 aliphatic rings. The first-order valence-electron chi connectivity index (χ1n) is 4.37. The number of rotatable bonds is 1. The molecule has 17 heavy (non-hydrogen) atoms. The van der Waals surface area contributed by atoms with Crippen LogP contribution in [0.2, 0.25) is 0 Å². The Hall–Kier alpha value is -1.50. The largest absolute Gasteiger partial charge is 0.427 e. The fraction of sp³-hybridized carbons (Fsp3) is 0.100. The monoisotopic (exact) mass is 265 g/mol. The number of alkyl halides is 3. The van der Waals surface area contributed by atoms with Gasteiger partial charge in [-0.2, -0.15) is 17.5 Å². The molecule has 0 bridgehead atoms. The van der Waals surface area contributed by atoms with Gasteiger partial charge in [-0.1, -0.05) is 0 Å². The minimum atomic E-state index is -4.48. The van der Waals surface area contributed by atoms with Crippen LogP contribution in [0.15, 0.2) is 24.3 Å². The molecule has 7 heteroatoms. The van der Waals surface area contributed by atoms with Gasteiger partial charge in [0.05, 0.1) is 5.69 Å². The van der Waals surface area contributed by atoms with E-state index in [4.69, 9.17) is 0 Å². The van der Waals surface area contributed by atoms with Crippen LogP contribution in [0.1, 0.15) is 4.88 Å². The third-order valence-corrected chi connectivity index (χ3v) is 2.84. The highest BCUT2D eigenvalue weighted by atomic mass is 32.1. The molecule has 0 unspecified atom stereocenters. The quantitative estimate of drug-likeness (QED) is 0.707. The number of aromatic nitrogens is 1. The molecule has 0 fully saturated rings. The molecule has 0 radical (unpaired) electrons. The first-order chi connectivity index (χ1) is 7.88. The molecular weight excluding hydrogens is 261 g/mol. The summed E-state index contributed by atoms with van der Waals surface area (Å²) in [5.41, 5.74) is 0.0804. The van der Waals surface area contributed by atoms with E-state index in [2.05, 4.69) is 4.37 Å². The number of halogens is 5. The number of benzene rings is 1. The van der Waals surface area contributed by atoms with Gasteiger partial charge in [0.1, 0.15) is 4.88 Å². The Morgan fingerprint density at radius 3 is 2.24 bits per heavy atom. The molecule has 1 heterocycles. The standard InChI is InChI=1S/C10H4F5NS/c11-6-2-1-5(3-7(6)12)8-4-9(17-16-8)10(13,14)15/h1-4H. The molecule has 2 aromatic rings. The van der Waals surface area contributed by atoms with Crippen molar-refractivity contribution in [2.24, 2.45) is 0 Å². The highest BCUT2D eigenvalue weighted by Gasteiger charge is 2.33. The molecule has 0 saturated heterocycles. The highest BCUT2D eigenvalue weighted by molar-refractivity contribution is 7.06. The molecule has 0 atom stereocenters. The van der Waals surface area contributed by atoms with Crippen LogP contribution in [-0.2, 0) is 6.18 Å². The maximum atomic E-state index is 12.9. The highest BCUT2D eigenvalue weighted by Crippen LogP contribution is 2.35. The molecule has 0 saturated carbocycles. The Balaban J connectivity index is 2.40. The van der Waals surface area contributed by atoms with Gasteiger partial charge in [0, 0.05) is 5.56 Å². The van der Waals surface area contributed by atoms with Gasteiger partial charge in [-0.05, 0) is 35.8 Å². The van der Waals surface area contributed by atoms with E-state index in [-0.39, 0.29) is 22.8 Å². The summed E-state index contributed by atoms with van der Waals surface area (Å²) in [4.78, 5) is -0.878. The molecule has 2 rings (SSSR count). The zero-order valence-electron chi connectivity index (χ0n) is 8.05. The Labute approximate surface area is 96.7 Å². The van der Waals surface area contributed by atoms with Crippen molar-refractivity contribution < 1.29 is 22.0 Å². The summed E-state index contributed by atoms with van der Waals surface area (Å²) in [6.45, 7) is 0. The molecule has 0 aliphatic carbocycles. The lowest BCUT2D eigenvalue weighted by molar-refractivity contribution is -0.134. The van der Waals surface area contributed by atoms with Gasteiger partial charge in [-0.3, -0.25) is 0 Å². The van der Waals surface area contributed by atoms with Crippen LogP contribution < -0.4 is 0 Å². The SMILES string of the molecule is Fc1ccc(-c2cc(C(F)(F)F)sn2)cc1F. The van der Waals surface area contributed by atoms with Gasteiger partial charge in [-0.25, -0.2) is 8.78 Å². The van der Waals surface area contributed by atoms with Crippen LogP contribution in [0.25, 0.3) is 11.3 Å². The smallest absolute Gasteiger partial charge is 0.204 e. The maximum absolute atomic E-state index is 12.9. The van der Waals surface area contributed by atoms with Gasteiger partial charge in [-0.15, -0.1) is 0 Å². The molecule has 90 valence electrons. The summed E-state index contributed by atoms with van der Waals surface area (Å²) in [6, 6.07) is 3.63. The summed E-state index contributed by atoms with van der Waals surface area (Å²) in [6.07, 6.45) is -4.48. The predicted octanol–water partition coefficient (Wildman–Crippen LogP) is 4.11. The number of nitrogens with zero attached hydrogens (tertiary/aromatic N) is 1. The Morgan fingerprint density at radius 2 is 1.71 bits per heavy atom. The van der Waals surface area contributed by atoms with E-state index in [1.165, 1.54) is 6.07 Å². The Kier molecular flexibility index (Phi) is 2.86. The van der Waals surface area contributed by atoms with E-state index in [1.807, 2.05) is 0 Å². The molecule has 1 aromatic carbocycles. The van der Waals surface area contributed by atoms with Crippen molar-refractivity contribution in [1.82, 2.24) is 4.37 Å². The summed E-state index contributed by atoms with van der Waals surface area (Å²) in [5, 5.41) is 0. The first-order valence-corrected chi connectivity index (χ1v) is 5.14. The van der Waals surface area contributed by atoms with E-state index in [9.17, 15) is 22.0 Å². The van der Waals surface area contributed by atoms with Crippen molar-refractivity contribution in [3.63, 3.8) is 0 Å². The zero-order valence-corrected chi connectivity index (χ0v) is 8.87. The normalized spacial score (nSPS) is 11.8. The molecule has 0 amide bonds. The van der Waals surface area contributed by atoms with Crippen LogP contribution in [0, 0.1) is 11.6 Å². The molecule has 1 aromatic heterocycles. The van der Waals surface area contributed by atoms with Gasteiger partial charge in [0.15, 0.2) is 11.6 Å². The van der Waals surface area contributed by atoms with E-state index < -0.39 is 22.7 Å². The van der Waals surface area contributed by atoms with Crippen molar-refractivity contribution in [3.8, 4) is 11.3 Å². The van der Waals surface area contributed by atoms with Crippen molar-refractivity contribution in [1.29, 1.82) is 0 Å². The molecule has 0 spiro atoms. The van der Waals surface area contributed by atoms with Gasteiger partial charge < -0.3 is 0 Å². The molecule has 1 nitrogen and oxygen atoms in total. The van der Waals surface area contributed by atoms with Crippen molar-refractivity contribution in [2.75, 3.05) is 0 Å². The summed E-state index contributed by atoms with van der Waals surface area (Å²) in [7, 11) is 0. The van der Waals surface area contributed by atoms with Crippen LogP contribution in [-0.4, -0.2) is 4.37 Å². The van der Waals surface area contributed by atoms with Crippen LogP contribution >= 0.6 is 11.5 Å². The predicted molar refractivity (Wildman–Crippen MR) is 52.5 cm³/mol. The van der Waals surface area contributed by atoms with Crippen LogP contribution in [0.5, 0.6) is 0 Å². The van der Waals surface area contributed by atoms with E-state index in [1.54, 1.807) is 0 Å². The fourth-order valence-electron chi connectivity index (χ4n) is 1.20. The van der Waals surface area contributed by atoms with E-state index in [0.717, 1.165) is 18.2 Å². The van der Waals surface area contributed by atoms with Crippen LogP contribution in [0.4, 0.5) is 22.0 Å². The van der Waals surface area contributed by atoms with Gasteiger partial charge in [0.2, 0.25) is 0 Å². The molecular formula is C10H4F5NS. The topological polar surface area (TPSA) is 12.9 Å². The van der Waals surface area contributed by atoms with Gasteiger partial charge in [0.25, 0.3) is 0 Å².